The molecule has 2 rings (SSSR count). The van der Waals surface area contributed by atoms with Crippen molar-refractivity contribution >= 4 is 11.9 Å². The van der Waals surface area contributed by atoms with Gasteiger partial charge in [0.2, 0.25) is 5.78 Å². The van der Waals surface area contributed by atoms with Crippen LogP contribution in [0.15, 0.2) is 42.6 Å². The first kappa shape index (κ1) is 16.7. The van der Waals surface area contributed by atoms with Crippen LogP contribution in [0.5, 0.6) is 5.75 Å². The Morgan fingerprint density at radius 1 is 1.35 bits per heavy atom. The zero-order valence-electron chi connectivity index (χ0n) is 11.9. The number of carbonyl (C=O) groups excluding carboxylic acids is 1. The molecule has 0 aliphatic heterocycles. The van der Waals surface area contributed by atoms with E-state index in [4.69, 9.17) is 0 Å². The third kappa shape index (κ3) is 4.41. The highest BCUT2D eigenvalue weighted by Crippen LogP contribution is 2.28. The molecule has 0 fully saturated rings. The number of aromatic nitrogens is 2. The number of benzene rings is 1. The standard InChI is InChI=1S/C15H12F4N2O2/c1-21-8-7-12(20-21)13(22)6-5-10-3-2-4-11(9-10)23-15(18,19)14(16)17/h2-9,14H,1H3/b6-5+. The molecule has 4 nitrogen and oxygen atoms in total. The number of rotatable bonds is 6. The summed E-state index contributed by atoms with van der Waals surface area (Å²) in [4.78, 5) is 11.8. The molecule has 122 valence electrons. The number of alkyl halides is 4. The summed E-state index contributed by atoms with van der Waals surface area (Å²) in [5, 5.41) is 3.92. The lowest BCUT2D eigenvalue weighted by Crippen LogP contribution is -2.33. The maximum Gasteiger partial charge on any atom is 0.461 e. The number of ether oxygens (including phenoxy) is 1. The molecule has 8 heteroatoms. The van der Waals surface area contributed by atoms with Gasteiger partial charge in [-0.3, -0.25) is 9.48 Å². The number of hydrogen-bond donors (Lipinski definition) is 0. The minimum Gasteiger partial charge on any atom is -0.428 e. The zero-order valence-corrected chi connectivity index (χ0v) is 11.9. The average Bonchev–Trinajstić information content (AvgIpc) is 2.91. The molecule has 0 atom stereocenters. The summed E-state index contributed by atoms with van der Waals surface area (Å²) in [5.74, 6) is -0.808. The molecule has 1 aromatic carbocycles. The molecule has 2 aromatic rings. The SMILES string of the molecule is Cn1ccc(C(=O)/C=C/c2cccc(OC(F)(F)C(F)F)c2)n1. The lowest BCUT2D eigenvalue weighted by molar-refractivity contribution is -0.253. The average molecular weight is 328 g/mol. The van der Waals surface area contributed by atoms with E-state index in [1.165, 1.54) is 35.0 Å². The van der Waals surface area contributed by atoms with Gasteiger partial charge in [-0.15, -0.1) is 0 Å². The Labute approximate surface area is 129 Å². The quantitative estimate of drug-likeness (QED) is 0.463. The molecule has 0 N–H and O–H groups in total. The van der Waals surface area contributed by atoms with Crippen molar-refractivity contribution in [3.63, 3.8) is 0 Å². The second-order valence-electron chi connectivity index (χ2n) is 4.61. The van der Waals surface area contributed by atoms with Crippen LogP contribution in [0.1, 0.15) is 16.1 Å². The normalized spacial score (nSPS) is 12.1. The van der Waals surface area contributed by atoms with E-state index in [1.54, 1.807) is 13.2 Å². The largest absolute Gasteiger partial charge is 0.461 e. The number of carbonyl (C=O) groups is 1. The Morgan fingerprint density at radius 2 is 2.09 bits per heavy atom. The summed E-state index contributed by atoms with van der Waals surface area (Å²) >= 11 is 0. The zero-order chi connectivity index (χ0) is 17.0. The van der Waals surface area contributed by atoms with Gasteiger partial charge < -0.3 is 4.74 Å². The number of allylic oxidation sites excluding steroid dienone is 1. The second kappa shape index (κ2) is 6.64. The van der Waals surface area contributed by atoms with Gasteiger partial charge in [-0.05, 0) is 29.8 Å². The number of halogens is 4. The molecule has 23 heavy (non-hydrogen) atoms. The molecule has 0 spiro atoms. The van der Waals surface area contributed by atoms with E-state index >= 15 is 0 Å². The van der Waals surface area contributed by atoms with Crippen LogP contribution < -0.4 is 4.74 Å². The van der Waals surface area contributed by atoms with Crippen LogP contribution in [0.4, 0.5) is 17.6 Å². The van der Waals surface area contributed by atoms with Gasteiger partial charge in [0.25, 0.3) is 0 Å². The number of aryl methyl sites for hydroxylation is 1. The fraction of sp³-hybridized carbons (Fsp3) is 0.200. The summed E-state index contributed by atoms with van der Waals surface area (Å²) in [6, 6.07) is 6.62. The van der Waals surface area contributed by atoms with Crippen molar-refractivity contribution < 1.29 is 27.1 Å². The molecule has 0 aliphatic rings. The molecular formula is C15H12F4N2O2. The first-order valence-electron chi connectivity index (χ1n) is 6.45. The van der Waals surface area contributed by atoms with Gasteiger partial charge in [-0.2, -0.15) is 22.7 Å². The van der Waals surface area contributed by atoms with Crippen LogP contribution in [0.25, 0.3) is 6.08 Å². The number of hydrogen-bond acceptors (Lipinski definition) is 3. The van der Waals surface area contributed by atoms with Crippen molar-refractivity contribution in [1.82, 2.24) is 9.78 Å². The van der Waals surface area contributed by atoms with E-state index in [-0.39, 0.29) is 11.5 Å². The van der Waals surface area contributed by atoms with Crippen LogP contribution in [0.3, 0.4) is 0 Å². The van der Waals surface area contributed by atoms with Gasteiger partial charge in [0, 0.05) is 13.2 Å². The summed E-state index contributed by atoms with van der Waals surface area (Å²) < 4.78 is 55.3. The van der Waals surface area contributed by atoms with Crippen LogP contribution >= 0.6 is 0 Å². The van der Waals surface area contributed by atoms with Gasteiger partial charge in [0.15, 0.2) is 0 Å². The first-order valence-corrected chi connectivity index (χ1v) is 6.45. The molecular weight excluding hydrogens is 316 g/mol. The number of ketones is 1. The molecule has 0 saturated heterocycles. The fourth-order valence-electron chi connectivity index (χ4n) is 1.69. The molecule has 1 aromatic heterocycles. The monoisotopic (exact) mass is 328 g/mol. The van der Waals surface area contributed by atoms with E-state index in [0.29, 0.717) is 5.56 Å². The third-order valence-corrected chi connectivity index (χ3v) is 2.76. The van der Waals surface area contributed by atoms with Gasteiger partial charge >= 0.3 is 12.5 Å². The van der Waals surface area contributed by atoms with Crippen molar-refractivity contribution in [2.75, 3.05) is 0 Å². The molecule has 0 bridgehead atoms. The number of nitrogens with zero attached hydrogens (tertiary/aromatic N) is 2. The highest BCUT2D eigenvalue weighted by molar-refractivity contribution is 6.05. The fourth-order valence-corrected chi connectivity index (χ4v) is 1.69. The maximum absolute atomic E-state index is 12.8. The minimum atomic E-state index is -4.58. The van der Waals surface area contributed by atoms with Gasteiger partial charge in [0.1, 0.15) is 11.4 Å². The Balaban J connectivity index is 2.11. The molecule has 0 saturated carbocycles. The van der Waals surface area contributed by atoms with E-state index in [0.717, 1.165) is 12.1 Å². The smallest absolute Gasteiger partial charge is 0.428 e. The predicted molar refractivity (Wildman–Crippen MR) is 74.6 cm³/mol. The summed E-state index contributed by atoms with van der Waals surface area (Å²) in [6.07, 6.45) is -4.36. The third-order valence-electron chi connectivity index (χ3n) is 2.76. The van der Waals surface area contributed by atoms with Crippen LogP contribution in [0, 0.1) is 0 Å². The van der Waals surface area contributed by atoms with Crippen LogP contribution in [-0.2, 0) is 7.05 Å². The maximum atomic E-state index is 12.8. The van der Waals surface area contributed by atoms with E-state index < -0.39 is 18.3 Å². The van der Waals surface area contributed by atoms with Gasteiger partial charge in [0.05, 0.1) is 0 Å². The molecule has 0 unspecified atom stereocenters. The predicted octanol–water partition coefficient (Wildman–Crippen LogP) is 3.55. The molecule has 0 aliphatic carbocycles. The Bertz CT molecular complexity index is 726. The van der Waals surface area contributed by atoms with Crippen molar-refractivity contribution in [3.05, 3.63) is 53.9 Å². The lowest BCUT2D eigenvalue weighted by atomic mass is 10.1. The summed E-state index contributed by atoms with van der Waals surface area (Å²) in [7, 11) is 1.66. The summed E-state index contributed by atoms with van der Waals surface area (Å²) in [5.41, 5.74) is 0.567. The first-order chi connectivity index (χ1) is 10.8. The van der Waals surface area contributed by atoms with Gasteiger partial charge in [-0.1, -0.05) is 18.2 Å². The highest BCUT2D eigenvalue weighted by Gasteiger charge is 2.43. The van der Waals surface area contributed by atoms with Crippen molar-refractivity contribution in [2.24, 2.45) is 7.05 Å². The van der Waals surface area contributed by atoms with Crippen LogP contribution in [0.2, 0.25) is 0 Å². The highest BCUT2D eigenvalue weighted by atomic mass is 19.3. The summed E-state index contributed by atoms with van der Waals surface area (Å²) in [6.45, 7) is 0. The van der Waals surface area contributed by atoms with Gasteiger partial charge in [-0.25, -0.2) is 0 Å². The van der Waals surface area contributed by atoms with E-state index in [9.17, 15) is 22.4 Å². The Hall–Kier alpha value is -2.64. The lowest BCUT2D eigenvalue weighted by Gasteiger charge is -2.16. The van der Waals surface area contributed by atoms with Crippen molar-refractivity contribution in [2.45, 2.75) is 12.5 Å². The minimum absolute atomic E-state index is 0.223. The van der Waals surface area contributed by atoms with Crippen molar-refractivity contribution in [1.29, 1.82) is 0 Å². The van der Waals surface area contributed by atoms with Crippen molar-refractivity contribution in [3.8, 4) is 5.75 Å². The second-order valence-corrected chi connectivity index (χ2v) is 4.61. The topological polar surface area (TPSA) is 44.1 Å². The molecule has 0 radical (unpaired) electrons. The van der Waals surface area contributed by atoms with E-state index in [2.05, 4.69) is 9.84 Å². The van der Waals surface area contributed by atoms with Crippen LogP contribution in [-0.4, -0.2) is 28.1 Å². The Kier molecular flexibility index (Phi) is 4.83. The molecule has 1 heterocycles. The molecule has 0 amide bonds. The Morgan fingerprint density at radius 3 is 2.70 bits per heavy atom. The van der Waals surface area contributed by atoms with E-state index in [1.807, 2.05) is 0 Å².